The van der Waals surface area contributed by atoms with Crippen molar-refractivity contribution < 1.29 is 0 Å². The fourth-order valence-electron chi connectivity index (χ4n) is 6.01. The van der Waals surface area contributed by atoms with Crippen LogP contribution in [0.25, 0.3) is 0 Å². The Balaban J connectivity index is 1.38. The van der Waals surface area contributed by atoms with E-state index in [9.17, 15) is 0 Å². The van der Waals surface area contributed by atoms with E-state index >= 15 is 0 Å². The zero-order valence-corrected chi connectivity index (χ0v) is 11.7. The minimum Gasteiger partial charge on any atom is -0.311 e. The van der Waals surface area contributed by atoms with Gasteiger partial charge in [-0.1, -0.05) is 32.1 Å². The molecule has 0 heterocycles. The molecule has 0 aromatic rings. The Hall–Kier alpha value is -0.0400. The van der Waals surface area contributed by atoms with Gasteiger partial charge in [-0.05, 0) is 62.2 Å². The molecule has 1 heteroatoms. The molecule has 1 N–H and O–H groups in total. The highest BCUT2D eigenvalue weighted by Gasteiger charge is 2.53. The van der Waals surface area contributed by atoms with Crippen LogP contribution in [0, 0.1) is 23.7 Å². The SMILES string of the molecule is C1CCCC(NC2CC3CC2C2CCCC32)CC1. The third-order valence-electron chi connectivity index (χ3n) is 6.73. The van der Waals surface area contributed by atoms with Gasteiger partial charge in [0.05, 0.1) is 0 Å². The summed E-state index contributed by atoms with van der Waals surface area (Å²) < 4.78 is 0. The van der Waals surface area contributed by atoms with Gasteiger partial charge in [0, 0.05) is 12.1 Å². The first kappa shape index (κ1) is 11.8. The highest BCUT2D eigenvalue weighted by molar-refractivity contribution is 5.06. The van der Waals surface area contributed by atoms with Crippen LogP contribution in [-0.2, 0) is 0 Å². The van der Waals surface area contributed by atoms with E-state index in [-0.39, 0.29) is 0 Å². The fraction of sp³-hybridized carbons (Fsp3) is 1.00. The predicted octanol–water partition coefficient (Wildman–Crippen LogP) is 4.12. The monoisotopic (exact) mass is 247 g/mol. The van der Waals surface area contributed by atoms with Crippen LogP contribution < -0.4 is 5.32 Å². The zero-order valence-electron chi connectivity index (χ0n) is 11.7. The van der Waals surface area contributed by atoms with E-state index in [0.717, 1.165) is 35.8 Å². The summed E-state index contributed by atoms with van der Waals surface area (Å²) in [4.78, 5) is 0. The molecule has 102 valence electrons. The van der Waals surface area contributed by atoms with Crippen LogP contribution in [0.15, 0.2) is 0 Å². The maximum absolute atomic E-state index is 4.10. The second kappa shape index (κ2) is 4.81. The van der Waals surface area contributed by atoms with Crippen LogP contribution in [0.1, 0.15) is 70.6 Å². The summed E-state index contributed by atoms with van der Waals surface area (Å²) in [6.07, 6.45) is 16.6. The van der Waals surface area contributed by atoms with Crippen LogP contribution >= 0.6 is 0 Å². The standard InChI is InChI=1S/C17H29N/c1-2-4-7-13(6-3-1)18-17-11-12-10-16(17)15-9-5-8-14(12)15/h12-18H,1-11H2. The molecule has 4 saturated carbocycles. The fourth-order valence-corrected chi connectivity index (χ4v) is 6.01. The van der Waals surface area contributed by atoms with E-state index in [2.05, 4.69) is 5.32 Å². The molecule has 2 bridgehead atoms. The summed E-state index contributed by atoms with van der Waals surface area (Å²) in [6.45, 7) is 0. The molecule has 4 rings (SSSR count). The quantitative estimate of drug-likeness (QED) is 0.724. The number of hydrogen-bond donors (Lipinski definition) is 1. The summed E-state index contributed by atoms with van der Waals surface area (Å²) >= 11 is 0. The topological polar surface area (TPSA) is 12.0 Å². The first-order chi connectivity index (χ1) is 8.92. The molecule has 4 fully saturated rings. The van der Waals surface area contributed by atoms with Gasteiger partial charge in [0.15, 0.2) is 0 Å². The van der Waals surface area contributed by atoms with Crippen molar-refractivity contribution in [1.82, 2.24) is 5.32 Å². The zero-order chi connectivity index (χ0) is 11.9. The van der Waals surface area contributed by atoms with Crippen molar-refractivity contribution in [2.24, 2.45) is 23.7 Å². The average Bonchev–Trinajstić information content (AvgIpc) is 2.99. The van der Waals surface area contributed by atoms with Gasteiger partial charge < -0.3 is 5.32 Å². The van der Waals surface area contributed by atoms with E-state index in [0.29, 0.717) is 0 Å². The smallest absolute Gasteiger partial charge is 0.0103 e. The Labute approximate surface area is 112 Å². The Morgan fingerprint density at radius 3 is 2.22 bits per heavy atom. The largest absolute Gasteiger partial charge is 0.311 e. The molecule has 5 atom stereocenters. The maximum Gasteiger partial charge on any atom is 0.0103 e. The molecular formula is C17H29N. The molecule has 1 nitrogen and oxygen atoms in total. The minimum absolute atomic E-state index is 0.872. The molecule has 5 unspecified atom stereocenters. The number of rotatable bonds is 2. The van der Waals surface area contributed by atoms with Crippen LogP contribution in [0.5, 0.6) is 0 Å². The second-order valence-corrected chi connectivity index (χ2v) is 7.62. The molecule has 0 spiro atoms. The number of hydrogen-bond acceptors (Lipinski definition) is 1. The summed E-state index contributed by atoms with van der Waals surface area (Å²) in [5.74, 6) is 4.48. The first-order valence-corrected chi connectivity index (χ1v) is 8.68. The van der Waals surface area contributed by atoms with Crippen molar-refractivity contribution in [1.29, 1.82) is 0 Å². The van der Waals surface area contributed by atoms with Crippen LogP contribution in [0.4, 0.5) is 0 Å². The molecule has 0 aromatic carbocycles. The molecular weight excluding hydrogens is 218 g/mol. The Bertz CT molecular complexity index is 292. The van der Waals surface area contributed by atoms with E-state index in [4.69, 9.17) is 0 Å². The van der Waals surface area contributed by atoms with Crippen molar-refractivity contribution in [3.63, 3.8) is 0 Å². The highest BCUT2D eigenvalue weighted by Crippen LogP contribution is 2.58. The molecule has 4 aliphatic rings. The van der Waals surface area contributed by atoms with Crippen molar-refractivity contribution in [2.75, 3.05) is 0 Å². The van der Waals surface area contributed by atoms with Crippen molar-refractivity contribution in [3.05, 3.63) is 0 Å². The normalized spacial score (nSPS) is 48.3. The third kappa shape index (κ3) is 1.94. The van der Waals surface area contributed by atoms with Gasteiger partial charge in [0.1, 0.15) is 0 Å². The molecule has 0 radical (unpaired) electrons. The lowest BCUT2D eigenvalue weighted by molar-refractivity contribution is 0.194. The van der Waals surface area contributed by atoms with Gasteiger partial charge in [-0.25, -0.2) is 0 Å². The first-order valence-electron chi connectivity index (χ1n) is 8.68. The summed E-state index contributed by atoms with van der Waals surface area (Å²) in [5, 5.41) is 4.10. The lowest BCUT2D eigenvalue weighted by atomic mass is 9.79. The predicted molar refractivity (Wildman–Crippen MR) is 75.5 cm³/mol. The van der Waals surface area contributed by atoms with Crippen LogP contribution in [-0.4, -0.2) is 12.1 Å². The van der Waals surface area contributed by atoms with E-state index in [1.807, 2.05) is 0 Å². The van der Waals surface area contributed by atoms with E-state index in [1.54, 1.807) is 25.7 Å². The number of fused-ring (bicyclic) bond motifs is 5. The lowest BCUT2D eigenvalue weighted by Crippen LogP contribution is -2.44. The third-order valence-corrected chi connectivity index (χ3v) is 6.73. The molecule has 0 saturated heterocycles. The highest BCUT2D eigenvalue weighted by atomic mass is 15.0. The molecule has 0 aromatic heterocycles. The molecule has 18 heavy (non-hydrogen) atoms. The van der Waals surface area contributed by atoms with Crippen molar-refractivity contribution in [2.45, 2.75) is 82.7 Å². The number of nitrogens with one attached hydrogen (secondary N) is 1. The van der Waals surface area contributed by atoms with Crippen molar-refractivity contribution >= 4 is 0 Å². The van der Waals surface area contributed by atoms with Gasteiger partial charge >= 0.3 is 0 Å². The Kier molecular flexibility index (Phi) is 3.14. The summed E-state index contributed by atoms with van der Waals surface area (Å²) in [7, 11) is 0. The van der Waals surface area contributed by atoms with Crippen molar-refractivity contribution in [3.8, 4) is 0 Å². The van der Waals surface area contributed by atoms with Gasteiger partial charge in [0.25, 0.3) is 0 Å². The Morgan fingerprint density at radius 1 is 0.611 bits per heavy atom. The van der Waals surface area contributed by atoms with E-state index in [1.165, 1.54) is 44.9 Å². The van der Waals surface area contributed by atoms with Gasteiger partial charge in [0.2, 0.25) is 0 Å². The maximum atomic E-state index is 4.10. The summed E-state index contributed by atoms with van der Waals surface area (Å²) in [6, 6.07) is 1.79. The summed E-state index contributed by atoms with van der Waals surface area (Å²) in [5.41, 5.74) is 0. The average molecular weight is 247 g/mol. The van der Waals surface area contributed by atoms with E-state index < -0.39 is 0 Å². The van der Waals surface area contributed by atoms with Gasteiger partial charge in [-0.2, -0.15) is 0 Å². The van der Waals surface area contributed by atoms with Gasteiger partial charge in [-0.3, -0.25) is 0 Å². The van der Waals surface area contributed by atoms with Crippen LogP contribution in [0.3, 0.4) is 0 Å². The molecule has 0 aliphatic heterocycles. The Morgan fingerprint density at radius 2 is 1.39 bits per heavy atom. The second-order valence-electron chi connectivity index (χ2n) is 7.62. The van der Waals surface area contributed by atoms with Gasteiger partial charge in [-0.15, -0.1) is 0 Å². The molecule has 4 aliphatic carbocycles. The molecule has 0 amide bonds. The minimum atomic E-state index is 0.872. The van der Waals surface area contributed by atoms with Crippen LogP contribution in [0.2, 0.25) is 0 Å². The lowest BCUT2D eigenvalue weighted by Gasteiger charge is -2.34.